The first kappa shape index (κ1) is 10.5. The van der Waals surface area contributed by atoms with Gasteiger partial charge in [0.25, 0.3) is 0 Å². The molecule has 0 spiro atoms. The van der Waals surface area contributed by atoms with Crippen molar-refractivity contribution < 1.29 is 0 Å². The molecule has 0 saturated carbocycles. The van der Waals surface area contributed by atoms with Crippen LogP contribution in [-0.2, 0) is 19.3 Å². The highest BCUT2D eigenvalue weighted by molar-refractivity contribution is 5.13. The predicted octanol–water partition coefficient (Wildman–Crippen LogP) is 0.902. The van der Waals surface area contributed by atoms with Crippen molar-refractivity contribution >= 4 is 0 Å². The molecule has 0 fully saturated rings. The van der Waals surface area contributed by atoms with Crippen LogP contribution in [-0.4, -0.2) is 28.8 Å². The number of rotatable bonds is 4. The lowest BCUT2D eigenvalue weighted by Crippen LogP contribution is -2.14. The summed E-state index contributed by atoms with van der Waals surface area (Å²) in [4.78, 5) is 4.58. The lowest BCUT2D eigenvalue weighted by molar-refractivity contribution is 0.608. The van der Waals surface area contributed by atoms with Crippen molar-refractivity contribution in [2.45, 2.75) is 38.5 Å². The summed E-state index contributed by atoms with van der Waals surface area (Å²) < 4.78 is 0. The number of hydrogen-bond donors (Lipinski definition) is 1. The van der Waals surface area contributed by atoms with Crippen LogP contribution in [0.3, 0.4) is 0 Å². The fraction of sp³-hybridized carbons (Fsp3) is 0.727. The van der Waals surface area contributed by atoms with E-state index >= 15 is 0 Å². The molecule has 4 nitrogen and oxygen atoms in total. The van der Waals surface area contributed by atoms with Gasteiger partial charge in [-0.3, -0.25) is 0 Å². The summed E-state index contributed by atoms with van der Waals surface area (Å²) in [6.45, 7) is 1.01. The van der Waals surface area contributed by atoms with Crippen LogP contribution >= 0.6 is 0 Å². The average molecular weight is 206 g/mol. The number of hydrogen-bond acceptors (Lipinski definition) is 4. The molecule has 0 amide bonds. The first-order valence-corrected chi connectivity index (χ1v) is 5.76. The Morgan fingerprint density at radius 2 is 1.93 bits per heavy atom. The molecule has 2 rings (SSSR count). The van der Waals surface area contributed by atoms with Crippen molar-refractivity contribution in [1.82, 2.24) is 20.5 Å². The topological polar surface area (TPSA) is 50.7 Å². The standard InChI is InChI=1S/C11H18N4/c1-12-8-4-7-11-13-9-5-2-3-6-10(9)14-15-11/h12H,2-8H2,1H3. The molecule has 0 saturated heterocycles. The summed E-state index contributed by atoms with van der Waals surface area (Å²) in [5.74, 6) is 0.908. The van der Waals surface area contributed by atoms with Gasteiger partial charge in [0, 0.05) is 6.42 Å². The third kappa shape index (κ3) is 2.72. The van der Waals surface area contributed by atoms with E-state index in [-0.39, 0.29) is 0 Å². The van der Waals surface area contributed by atoms with Crippen LogP contribution in [0.2, 0.25) is 0 Å². The summed E-state index contributed by atoms with van der Waals surface area (Å²) in [6, 6.07) is 0. The fourth-order valence-electron chi connectivity index (χ4n) is 1.93. The van der Waals surface area contributed by atoms with Gasteiger partial charge >= 0.3 is 0 Å². The molecule has 1 heterocycles. The zero-order valence-corrected chi connectivity index (χ0v) is 9.29. The molecule has 1 aromatic heterocycles. The molecular formula is C11H18N4. The quantitative estimate of drug-likeness (QED) is 0.744. The van der Waals surface area contributed by atoms with E-state index in [0.29, 0.717) is 0 Å². The SMILES string of the molecule is CNCCCc1nnc2c(n1)CCCC2. The van der Waals surface area contributed by atoms with E-state index in [4.69, 9.17) is 0 Å². The van der Waals surface area contributed by atoms with Crippen LogP contribution in [0.25, 0.3) is 0 Å². The van der Waals surface area contributed by atoms with Crippen LogP contribution in [0.1, 0.15) is 36.5 Å². The second kappa shape index (κ2) is 5.16. The molecular weight excluding hydrogens is 188 g/mol. The molecule has 1 aromatic rings. The summed E-state index contributed by atoms with van der Waals surface area (Å²) in [5, 5.41) is 11.6. The Hall–Kier alpha value is -1.03. The first-order chi connectivity index (χ1) is 7.40. The minimum absolute atomic E-state index is 0.908. The Morgan fingerprint density at radius 3 is 2.73 bits per heavy atom. The molecule has 0 aromatic carbocycles. The molecule has 4 heteroatoms. The number of nitrogens with zero attached hydrogens (tertiary/aromatic N) is 3. The minimum atomic E-state index is 0.908. The molecule has 0 atom stereocenters. The summed E-state index contributed by atoms with van der Waals surface area (Å²) in [5.41, 5.74) is 2.31. The number of fused-ring (bicyclic) bond motifs is 1. The van der Waals surface area contributed by atoms with Crippen molar-refractivity contribution in [2.75, 3.05) is 13.6 Å². The maximum absolute atomic E-state index is 4.58. The second-order valence-corrected chi connectivity index (χ2v) is 4.04. The van der Waals surface area contributed by atoms with Gasteiger partial charge in [-0.2, -0.15) is 5.10 Å². The van der Waals surface area contributed by atoms with Gasteiger partial charge in [0.2, 0.25) is 0 Å². The van der Waals surface area contributed by atoms with Gasteiger partial charge in [0.1, 0.15) is 0 Å². The van der Waals surface area contributed by atoms with E-state index in [9.17, 15) is 0 Å². The highest BCUT2D eigenvalue weighted by Crippen LogP contribution is 2.16. The molecule has 0 radical (unpaired) electrons. The fourth-order valence-corrected chi connectivity index (χ4v) is 1.93. The van der Waals surface area contributed by atoms with Gasteiger partial charge in [0.15, 0.2) is 5.82 Å². The average Bonchev–Trinajstić information content (AvgIpc) is 2.29. The van der Waals surface area contributed by atoms with E-state index in [0.717, 1.165) is 43.7 Å². The maximum atomic E-state index is 4.58. The maximum Gasteiger partial charge on any atom is 0.151 e. The summed E-state index contributed by atoms with van der Waals surface area (Å²) >= 11 is 0. The van der Waals surface area contributed by atoms with Gasteiger partial charge in [0.05, 0.1) is 11.4 Å². The lowest BCUT2D eigenvalue weighted by atomic mass is 10.0. The van der Waals surface area contributed by atoms with E-state index in [1.807, 2.05) is 7.05 Å². The smallest absolute Gasteiger partial charge is 0.151 e. The van der Waals surface area contributed by atoms with E-state index in [2.05, 4.69) is 20.5 Å². The van der Waals surface area contributed by atoms with Crippen LogP contribution in [0.4, 0.5) is 0 Å². The predicted molar refractivity (Wildman–Crippen MR) is 58.7 cm³/mol. The second-order valence-electron chi connectivity index (χ2n) is 4.04. The van der Waals surface area contributed by atoms with Crippen molar-refractivity contribution in [3.05, 3.63) is 17.2 Å². The third-order valence-electron chi connectivity index (χ3n) is 2.79. The van der Waals surface area contributed by atoms with Crippen LogP contribution in [0.15, 0.2) is 0 Å². The van der Waals surface area contributed by atoms with Gasteiger partial charge in [-0.25, -0.2) is 4.98 Å². The Balaban J connectivity index is 2.00. The van der Waals surface area contributed by atoms with Gasteiger partial charge in [-0.15, -0.1) is 5.10 Å². The normalized spacial score (nSPS) is 15.0. The molecule has 1 N–H and O–H groups in total. The largest absolute Gasteiger partial charge is 0.320 e. The van der Waals surface area contributed by atoms with Gasteiger partial charge in [-0.05, 0) is 45.7 Å². The van der Waals surface area contributed by atoms with Crippen molar-refractivity contribution in [1.29, 1.82) is 0 Å². The highest BCUT2D eigenvalue weighted by Gasteiger charge is 2.13. The van der Waals surface area contributed by atoms with Crippen molar-refractivity contribution in [2.24, 2.45) is 0 Å². The zero-order valence-electron chi connectivity index (χ0n) is 9.29. The van der Waals surface area contributed by atoms with Crippen LogP contribution in [0.5, 0.6) is 0 Å². The molecule has 82 valence electrons. The minimum Gasteiger partial charge on any atom is -0.320 e. The zero-order chi connectivity index (χ0) is 10.5. The molecule has 0 bridgehead atoms. The Morgan fingerprint density at radius 1 is 1.13 bits per heavy atom. The van der Waals surface area contributed by atoms with Gasteiger partial charge < -0.3 is 5.32 Å². The summed E-state index contributed by atoms with van der Waals surface area (Å²) in [7, 11) is 1.96. The lowest BCUT2D eigenvalue weighted by Gasteiger charge is -2.13. The number of nitrogens with one attached hydrogen (secondary N) is 1. The highest BCUT2D eigenvalue weighted by atomic mass is 15.2. The molecule has 15 heavy (non-hydrogen) atoms. The number of aryl methyl sites for hydroxylation is 3. The summed E-state index contributed by atoms with van der Waals surface area (Å²) in [6.07, 6.45) is 6.65. The monoisotopic (exact) mass is 206 g/mol. The Labute approximate surface area is 90.5 Å². The molecule has 0 unspecified atom stereocenters. The van der Waals surface area contributed by atoms with Crippen LogP contribution in [0, 0.1) is 0 Å². The molecule has 1 aliphatic carbocycles. The number of aromatic nitrogens is 3. The van der Waals surface area contributed by atoms with Crippen molar-refractivity contribution in [3.8, 4) is 0 Å². The van der Waals surface area contributed by atoms with Gasteiger partial charge in [-0.1, -0.05) is 0 Å². The first-order valence-electron chi connectivity index (χ1n) is 5.76. The Bertz CT molecular complexity index is 324. The molecule has 0 aliphatic heterocycles. The molecule has 1 aliphatic rings. The third-order valence-corrected chi connectivity index (χ3v) is 2.79. The van der Waals surface area contributed by atoms with Crippen LogP contribution < -0.4 is 5.32 Å². The van der Waals surface area contributed by atoms with E-state index < -0.39 is 0 Å². The van der Waals surface area contributed by atoms with E-state index in [1.165, 1.54) is 18.5 Å². The Kier molecular flexibility index (Phi) is 3.61. The van der Waals surface area contributed by atoms with E-state index in [1.54, 1.807) is 0 Å². The van der Waals surface area contributed by atoms with Crippen molar-refractivity contribution in [3.63, 3.8) is 0 Å².